The molecule has 0 saturated carbocycles. The van der Waals surface area contributed by atoms with Gasteiger partial charge < -0.3 is 0 Å². The van der Waals surface area contributed by atoms with Crippen LogP contribution >= 0.6 is 0 Å². The zero-order valence-corrected chi connectivity index (χ0v) is 12.6. The molecule has 0 saturated heterocycles. The van der Waals surface area contributed by atoms with Crippen molar-refractivity contribution in [2.24, 2.45) is 0 Å². The van der Waals surface area contributed by atoms with Crippen LogP contribution in [0, 0.1) is 6.92 Å². The first-order chi connectivity index (χ1) is 13.4. The van der Waals surface area contributed by atoms with Crippen molar-refractivity contribution in [2.45, 2.75) is 6.92 Å². The third kappa shape index (κ3) is 2.51. The Morgan fingerprint density at radius 1 is 0.870 bits per heavy atom. The predicted molar refractivity (Wildman–Crippen MR) is 97.4 cm³/mol. The zero-order valence-electron chi connectivity index (χ0n) is 17.6. The zero-order chi connectivity index (χ0) is 20.0. The molecule has 0 aliphatic heterocycles. The van der Waals surface area contributed by atoms with Gasteiger partial charge in [0.2, 0.25) is 0 Å². The van der Waals surface area contributed by atoms with Crippen LogP contribution in [0.1, 0.15) is 12.4 Å². The fourth-order valence-electron chi connectivity index (χ4n) is 2.83. The van der Waals surface area contributed by atoms with Gasteiger partial charge in [0.1, 0.15) is 0 Å². The number of aryl methyl sites for hydroxylation is 1. The number of hydrogen-bond donors (Lipinski definition) is 0. The quantitative estimate of drug-likeness (QED) is 0.450. The van der Waals surface area contributed by atoms with Crippen molar-refractivity contribution in [1.82, 2.24) is 4.98 Å². The van der Waals surface area contributed by atoms with E-state index >= 15 is 0 Å². The topological polar surface area (TPSA) is 12.9 Å². The van der Waals surface area contributed by atoms with Gasteiger partial charge in [0.25, 0.3) is 0 Å². The summed E-state index contributed by atoms with van der Waals surface area (Å²) in [5.74, 6) is 0. The average Bonchev–Trinajstić information content (AvgIpc) is 2.71. The third-order valence-electron chi connectivity index (χ3n) is 3.94. The molecule has 0 fully saturated rings. The highest BCUT2D eigenvalue weighted by atomic mass is 14.7. The lowest BCUT2D eigenvalue weighted by Crippen LogP contribution is -1.89. The normalized spacial score (nSPS) is 13.9. The van der Waals surface area contributed by atoms with Crippen LogP contribution in [0.2, 0.25) is 0 Å². The van der Waals surface area contributed by atoms with E-state index in [4.69, 9.17) is 6.85 Å². The number of nitrogens with zero attached hydrogens (tertiary/aromatic N) is 1. The van der Waals surface area contributed by atoms with Crippen molar-refractivity contribution in [3.05, 3.63) is 90.5 Å². The van der Waals surface area contributed by atoms with Crippen LogP contribution in [-0.4, -0.2) is 4.98 Å². The first-order valence-corrected chi connectivity index (χ1v) is 7.42. The Hall–Kier alpha value is -2.93. The van der Waals surface area contributed by atoms with Gasteiger partial charge in [0, 0.05) is 17.1 Å². The summed E-state index contributed by atoms with van der Waals surface area (Å²) in [6.45, 7) is 1.88. The molecule has 1 heterocycles. The second kappa shape index (κ2) is 5.69. The lowest BCUT2D eigenvalue weighted by molar-refractivity contribution is 1.35. The summed E-state index contributed by atoms with van der Waals surface area (Å²) < 4.78 is 40.0. The lowest BCUT2D eigenvalue weighted by Gasteiger charge is -2.10. The minimum absolute atomic E-state index is 0.190. The van der Waals surface area contributed by atoms with E-state index in [-0.39, 0.29) is 35.8 Å². The molecule has 0 spiro atoms. The first-order valence-electron chi connectivity index (χ1n) is 9.92. The highest BCUT2D eigenvalue weighted by Crippen LogP contribution is 2.31. The molecule has 0 N–H and O–H groups in total. The predicted octanol–water partition coefficient (Wildman–Crippen LogP) is 5.88. The summed E-state index contributed by atoms with van der Waals surface area (Å²) in [5, 5.41) is 2.14. The van der Waals surface area contributed by atoms with E-state index in [1.165, 1.54) is 0 Å². The van der Waals surface area contributed by atoms with E-state index in [2.05, 4.69) is 4.98 Å². The molecule has 0 amide bonds. The minimum atomic E-state index is -0.382. The molecule has 0 aliphatic rings. The number of pyridine rings is 1. The molecule has 3 aromatic carbocycles. The van der Waals surface area contributed by atoms with E-state index in [1.807, 2.05) is 55.5 Å². The van der Waals surface area contributed by atoms with Crippen molar-refractivity contribution in [1.29, 1.82) is 0 Å². The van der Waals surface area contributed by atoms with Crippen molar-refractivity contribution in [2.75, 3.05) is 0 Å². The van der Waals surface area contributed by atoms with Gasteiger partial charge in [-0.2, -0.15) is 0 Å². The summed E-state index contributed by atoms with van der Waals surface area (Å²) >= 11 is 0. The third-order valence-corrected chi connectivity index (χ3v) is 3.94. The van der Waals surface area contributed by atoms with Crippen LogP contribution < -0.4 is 0 Å². The number of hydrogen-bond acceptors (Lipinski definition) is 1. The summed E-state index contributed by atoms with van der Waals surface area (Å²) in [4.78, 5) is 4.54. The van der Waals surface area contributed by atoms with Crippen LogP contribution in [0.5, 0.6) is 0 Å². The maximum atomic E-state index is 8.21. The Morgan fingerprint density at radius 2 is 1.70 bits per heavy atom. The highest BCUT2D eigenvalue weighted by molar-refractivity contribution is 5.94. The average molecular weight is 300 g/mol. The first kappa shape index (κ1) is 9.26. The van der Waals surface area contributed by atoms with E-state index in [1.54, 1.807) is 6.20 Å². The number of rotatable bonds is 2. The fraction of sp³-hybridized carbons (Fsp3) is 0.0455. The molecule has 23 heavy (non-hydrogen) atoms. The Morgan fingerprint density at radius 3 is 2.52 bits per heavy atom. The molecule has 0 aliphatic carbocycles. The van der Waals surface area contributed by atoms with Gasteiger partial charge in [-0.25, -0.2) is 0 Å². The molecular formula is C22H17N. The van der Waals surface area contributed by atoms with Gasteiger partial charge in [-0.05, 0) is 41.1 Å². The van der Waals surface area contributed by atoms with Crippen molar-refractivity contribution in [3.63, 3.8) is 0 Å². The molecule has 4 aromatic rings. The smallest absolute Gasteiger partial charge is 0.0780 e. The fourth-order valence-corrected chi connectivity index (χ4v) is 2.83. The SMILES string of the molecule is [2H]c1c([2H])c([2H])c(-c2ccc(-c3nccc4ccccc34)cc2C)c([2H])c1[2H]. The monoisotopic (exact) mass is 300 g/mol. The van der Waals surface area contributed by atoms with Crippen molar-refractivity contribution >= 4 is 10.8 Å². The highest BCUT2D eigenvalue weighted by Gasteiger charge is 2.08. The summed E-state index contributed by atoms with van der Waals surface area (Å²) in [6, 6.07) is 14.2. The Kier molecular flexibility index (Phi) is 2.29. The van der Waals surface area contributed by atoms with Crippen LogP contribution in [-0.2, 0) is 0 Å². The maximum absolute atomic E-state index is 8.21. The molecule has 4 rings (SSSR count). The second-order valence-corrected chi connectivity index (χ2v) is 5.41. The molecule has 0 radical (unpaired) electrons. The second-order valence-electron chi connectivity index (χ2n) is 5.41. The van der Waals surface area contributed by atoms with Gasteiger partial charge >= 0.3 is 0 Å². The Labute approximate surface area is 143 Å². The molecule has 0 unspecified atom stereocenters. The van der Waals surface area contributed by atoms with E-state index in [9.17, 15) is 0 Å². The standard InChI is InChI=1S/C22H17N/c1-16-15-19(11-12-20(16)17-7-3-2-4-8-17)22-21-10-6-5-9-18(21)13-14-23-22/h2-15H,1H3/i2D,3D,4D,7D,8D. The van der Waals surface area contributed by atoms with Crippen molar-refractivity contribution < 1.29 is 6.85 Å². The summed E-state index contributed by atoms with van der Waals surface area (Å²) in [5.41, 5.74) is 3.45. The molecule has 1 nitrogen and oxygen atoms in total. The molecular weight excluding hydrogens is 278 g/mol. The van der Waals surface area contributed by atoms with Gasteiger partial charge in [-0.3, -0.25) is 4.98 Å². The Bertz CT molecular complexity index is 1200. The lowest BCUT2D eigenvalue weighted by atomic mass is 9.96. The summed E-state index contributed by atoms with van der Waals surface area (Å²) in [7, 11) is 0. The minimum Gasteiger partial charge on any atom is -0.256 e. The maximum Gasteiger partial charge on any atom is 0.0780 e. The van der Waals surface area contributed by atoms with Gasteiger partial charge in [-0.15, -0.1) is 0 Å². The number of fused-ring (bicyclic) bond motifs is 1. The van der Waals surface area contributed by atoms with Crippen LogP contribution in [0.25, 0.3) is 33.2 Å². The van der Waals surface area contributed by atoms with Gasteiger partial charge in [-0.1, -0.05) is 66.6 Å². The number of aromatic nitrogens is 1. The van der Waals surface area contributed by atoms with Crippen LogP contribution in [0.4, 0.5) is 0 Å². The molecule has 110 valence electrons. The van der Waals surface area contributed by atoms with Crippen molar-refractivity contribution in [3.8, 4) is 22.4 Å². The van der Waals surface area contributed by atoms with E-state index in [0.717, 1.165) is 27.6 Å². The number of benzene rings is 3. The molecule has 0 bridgehead atoms. The molecule has 1 heteroatoms. The van der Waals surface area contributed by atoms with Crippen LogP contribution in [0.15, 0.2) is 84.9 Å². The Balaban J connectivity index is 1.91. The van der Waals surface area contributed by atoms with Gasteiger partial charge in [0.15, 0.2) is 0 Å². The van der Waals surface area contributed by atoms with E-state index < -0.39 is 0 Å². The largest absolute Gasteiger partial charge is 0.256 e. The summed E-state index contributed by atoms with van der Waals surface area (Å²) in [6.07, 6.45) is 1.77. The molecule has 0 atom stereocenters. The molecule has 1 aromatic heterocycles. The van der Waals surface area contributed by atoms with E-state index in [0.29, 0.717) is 5.56 Å². The van der Waals surface area contributed by atoms with Crippen LogP contribution in [0.3, 0.4) is 0 Å². The van der Waals surface area contributed by atoms with Gasteiger partial charge in [0.05, 0.1) is 12.5 Å².